The molecular weight excluding hydrogens is 360 g/mol. The van der Waals surface area contributed by atoms with E-state index in [0.717, 1.165) is 17.7 Å². The van der Waals surface area contributed by atoms with Gasteiger partial charge in [0.05, 0.1) is 4.90 Å². The minimum Gasteiger partial charge on any atom is -0.326 e. The van der Waals surface area contributed by atoms with Crippen LogP contribution in [0.4, 0.5) is 5.69 Å². The van der Waals surface area contributed by atoms with Crippen LogP contribution >= 0.6 is 0 Å². The standard InChI is InChI=1S/C21H28N2O3S/c1-4-17-5-10-19(11-6-17)23-21(24)14-9-18-7-12-20(13-8-18)27(25,26)22-15-16(2)3/h5-8,10-13,16,22H,4,9,14-15H2,1-3H3,(H,23,24). The predicted molar refractivity (Wildman–Crippen MR) is 109 cm³/mol. The zero-order chi connectivity index (χ0) is 19.9. The molecule has 0 saturated carbocycles. The maximum absolute atomic E-state index is 12.2. The van der Waals surface area contributed by atoms with Gasteiger partial charge in [0.15, 0.2) is 0 Å². The molecular formula is C21H28N2O3S. The van der Waals surface area contributed by atoms with E-state index in [1.54, 1.807) is 24.3 Å². The Morgan fingerprint density at radius 1 is 0.963 bits per heavy atom. The summed E-state index contributed by atoms with van der Waals surface area (Å²) < 4.78 is 27.0. The lowest BCUT2D eigenvalue weighted by Gasteiger charge is -2.10. The molecule has 0 aliphatic rings. The second kappa shape index (κ2) is 9.67. The van der Waals surface area contributed by atoms with Gasteiger partial charge >= 0.3 is 0 Å². The van der Waals surface area contributed by atoms with E-state index < -0.39 is 10.0 Å². The number of benzene rings is 2. The Kier molecular flexibility index (Phi) is 7.56. The highest BCUT2D eigenvalue weighted by molar-refractivity contribution is 7.89. The monoisotopic (exact) mass is 388 g/mol. The first kappa shape index (κ1) is 21.1. The molecule has 0 fully saturated rings. The average molecular weight is 389 g/mol. The fourth-order valence-electron chi connectivity index (χ4n) is 2.50. The van der Waals surface area contributed by atoms with E-state index in [2.05, 4.69) is 17.0 Å². The molecule has 2 aromatic rings. The van der Waals surface area contributed by atoms with Crippen LogP contribution in [0.3, 0.4) is 0 Å². The van der Waals surface area contributed by atoms with Crippen LogP contribution in [-0.2, 0) is 27.7 Å². The fourth-order valence-corrected chi connectivity index (χ4v) is 3.71. The first-order valence-corrected chi connectivity index (χ1v) is 10.8. The molecule has 0 unspecified atom stereocenters. The van der Waals surface area contributed by atoms with Crippen molar-refractivity contribution in [1.82, 2.24) is 4.72 Å². The van der Waals surface area contributed by atoms with Crippen LogP contribution < -0.4 is 10.0 Å². The zero-order valence-electron chi connectivity index (χ0n) is 16.2. The Morgan fingerprint density at radius 2 is 1.56 bits per heavy atom. The van der Waals surface area contributed by atoms with Crippen LogP contribution in [0.15, 0.2) is 53.4 Å². The Morgan fingerprint density at radius 3 is 2.11 bits per heavy atom. The quantitative estimate of drug-likeness (QED) is 0.687. The van der Waals surface area contributed by atoms with Gasteiger partial charge in [-0.15, -0.1) is 0 Å². The molecule has 0 radical (unpaired) electrons. The largest absolute Gasteiger partial charge is 0.326 e. The van der Waals surface area contributed by atoms with Crippen LogP contribution in [0.25, 0.3) is 0 Å². The Bertz CT molecular complexity index is 842. The molecule has 146 valence electrons. The van der Waals surface area contributed by atoms with Crippen molar-refractivity contribution in [1.29, 1.82) is 0 Å². The molecule has 0 heterocycles. The minimum absolute atomic E-state index is 0.0606. The first-order valence-electron chi connectivity index (χ1n) is 9.27. The van der Waals surface area contributed by atoms with Gasteiger partial charge in [-0.2, -0.15) is 0 Å². The smallest absolute Gasteiger partial charge is 0.240 e. The lowest BCUT2D eigenvalue weighted by molar-refractivity contribution is -0.116. The van der Waals surface area contributed by atoms with Crippen molar-refractivity contribution in [2.24, 2.45) is 5.92 Å². The summed E-state index contributed by atoms with van der Waals surface area (Å²) in [6.07, 6.45) is 1.86. The van der Waals surface area contributed by atoms with Crippen LogP contribution in [0.5, 0.6) is 0 Å². The Labute approximate surface area is 162 Å². The molecule has 0 atom stereocenters. The Hall–Kier alpha value is -2.18. The van der Waals surface area contributed by atoms with Crippen LogP contribution in [0.1, 0.15) is 38.3 Å². The molecule has 0 aliphatic heterocycles. The SMILES string of the molecule is CCc1ccc(NC(=O)CCc2ccc(S(=O)(=O)NCC(C)C)cc2)cc1. The number of amides is 1. The van der Waals surface area contributed by atoms with Crippen LogP contribution in [0, 0.1) is 5.92 Å². The predicted octanol–water partition coefficient (Wildman–Crippen LogP) is 3.75. The molecule has 0 saturated heterocycles. The number of carbonyl (C=O) groups is 1. The number of carbonyl (C=O) groups excluding carboxylic acids is 1. The van der Waals surface area contributed by atoms with Crippen molar-refractivity contribution in [2.75, 3.05) is 11.9 Å². The molecule has 1 amide bonds. The van der Waals surface area contributed by atoms with Gasteiger partial charge < -0.3 is 5.32 Å². The van der Waals surface area contributed by atoms with E-state index in [1.165, 1.54) is 5.56 Å². The molecule has 6 heteroatoms. The number of anilines is 1. The van der Waals surface area contributed by atoms with Crippen LogP contribution in [0.2, 0.25) is 0 Å². The van der Waals surface area contributed by atoms with Crippen molar-refractivity contribution in [3.8, 4) is 0 Å². The Balaban J connectivity index is 1.87. The number of rotatable bonds is 9. The molecule has 0 aromatic heterocycles. The molecule has 5 nitrogen and oxygen atoms in total. The maximum Gasteiger partial charge on any atom is 0.240 e. The maximum atomic E-state index is 12.2. The molecule has 2 rings (SSSR count). The molecule has 0 aliphatic carbocycles. The van der Waals surface area contributed by atoms with Gasteiger partial charge in [0.1, 0.15) is 0 Å². The second-order valence-electron chi connectivity index (χ2n) is 6.99. The summed E-state index contributed by atoms with van der Waals surface area (Å²) in [6.45, 7) is 6.40. The topological polar surface area (TPSA) is 75.3 Å². The average Bonchev–Trinajstić information content (AvgIpc) is 2.66. The summed E-state index contributed by atoms with van der Waals surface area (Å²) in [5, 5.41) is 2.88. The molecule has 0 spiro atoms. The van der Waals surface area contributed by atoms with E-state index in [0.29, 0.717) is 19.4 Å². The fraction of sp³-hybridized carbons (Fsp3) is 0.381. The third kappa shape index (κ3) is 6.81. The second-order valence-corrected chi connectivity index (χ2v) is 8.76. The van der Waals surface area contributed by atoms with Gasteiger partial charge in [-0.05, 0) is 54.2 Å². The van der Waals surface area contributed by atoms with Crippen LogP contribution in [-0.4, -0.2) is 20.9 Å². The van der Waals surface area contributed by atoms with E-state index in [1.807, 2.05) is 38.1 Å². The highest BCUT2D eigenvalue weighted by Crippen LogP contribution is 2.14. The van der Waals surface area contributed by atoms with Crippen molar-refractivity contribution in [3.05, 3.63) is 59.7 Å². The number of nitrogens with one attached hydrogen (secondary N) is 2. The molecule has 2 aromatic carbocycles. The zero-order valence-corrected chi connectivity index (χ0v) is 17.0. The number of aryl methyl sites for hydroxylation is 2. The summed E-state index contributed by atoms with van der Waals surface area (Å²) in [6, 6.07) is 14.5. The first-order chi connectivity index (χ1) is 12.8. The van der Waals surface area contributed by atoms with Crippen molar-refractivity contribution < 1.29 is 13.2 Å². The summed E-state index contributed by atoms with van der Waals surface area (Å²) >= 11 is 0. The summed E-state index contributed by atoms with van der Waals surface area (Å²) in [7, 11) is -3.48. The normalized spacial score (nSPS) is 11.6. The van der Waals surface area contributed by atoms with E-state index in [4.69, 9.17) is 0 Å². The third-order valence-corrected chi connectivity index (χ3v) is 5.64. The number of hydrogen-bond acceptors (Lipinski definition) is 3. The van der Waals surface area contributed by atoms with Crippen molar-refractivity contribution >= 4 is 21.6 Å². The molecule has 27 heavy (non-hydrogen) atoms. The van der Waals surface area contributed by atoms with E-state index in [9.17, 15) is 13.2 Å². The van der Waals surface area contributed by atoms with E-state index >= 15 is 0 Å². The van der Waals surface area contributed by atoms with Gasteiger partial charge in [-0.25, -0.2) is 13.1 Å². The van der Waals surface area contributed by atoms with Crippen molar-refractivity contribution in [3.63, 3.8) is 0 Å². The summed E-state index contributed by atoms with van der Waals surface area (Å²) in [4.78, 5) is 12.3. The van der Waals surface area contributed by atoms with Gasteiger partial charge in [0.2, 0.25) is 15.9 Å². The highest BCUT2D eigenvalue weighted by atomic mass is 32.2. The number of sulfonamides is 1. The molecule has 2 N–H and O–H groups in total. The van der Waals surface area contributed by atoms with E-state index in [-0.39, 0.29) is 16.7 Å². The minimum atomic E-state index is -3.48. The van der Waals surface area contributed by atoms with Gasteiger partial charge in [-0.1, -0.05) is 45.0 Å². The lowest BCUT2D eigenvalue weighted by Crippen LogP contribution is -2.27. The van der Waals surface area contributed by atoms with Gasteiger partial charge in [0.25, 0.3) is 0 Å². The highest BCUT2D eigenvalue weighted by Gasteiger charge is 2.14. The number of hydrogen-bond donors (Lipinski definition) is 2. The lowest BCUT2D eigenvalue weighted by atomic mass is 10.1. The van der Waals surface area contributed by atoms with Crippen molar-refractivity contribution in [2.45, 2.75) is 44.9 Å². The summed E-state index contributed by atoms with van der Waals surface area (Å²) in [5.74, 6) is 0.185. The molecule has 0 bridgehead atoms. The summed E-state index contributed by atoms with van der Waals surface area (Å²) in [5.41, 5.74) is 2.94. The third-order valence-electron chi connectivity index (χ3n) is 4.20. The van der Waals surface area contributed by atoms with Gasteiger partial charge in [0, 0.05) is 18.7 Å². The van der Waals surface area contributed by atoms with Gasteiger partial charge in [-0.3, -0.25) is 4.79 Å².